The van der Waals surface area contributed by atoms with Gasteiger partial charge in [0.25, 0.3) is 0 Å². The van der Waals surface area contributed by atoms with Gasteiger partial charge in [-0.3, -0.25) is 0 Å². The number of hydrogen-bond acceptors (Lipinski definition) is 2. The molecule has 0 radical (unpaired) electrons. The molecule has 0 bridgehead atoms. The van der Waals surface area contributed by atoms with E-state index in [1.54, 1.807) is 0 Å². The zero-order valence-electron chi connectivity index (χ0n) is 26.4. The molecule has 0 unspecified atom stereocenters. The number of hydrogen-bond donors (Lipinski definition) is 0. The summed E-state index contributed by atoms with van der Waals surface area (Å²) in [6.07, 6.45) is 0. The van der Waals surface area contributed by atoms with Crippen LogP contribution in [0.15, 0.2) is 142 Å². The fraction of sp³-hybridized carbons (Fsp3) is 0.0455. The average molecular weight is 617 g/mol. The lowest BCUT2D eigenvalue weighted by molar-refractivity contribution is 0.662. The van der Waals surface area contributed by atoms with Crippen LogP contribution in [-0.4, -0.2) is 9.13 Å². The lowest BCUT2D eigenvalue weighted by Crippen LogP contribution is -1.97. The van der Waals surface area contributed by atoms with Crippen LogP contribution in [0.1, 0.15) is 11.1 Å². The largest absolute Gasteiger partial charge is 0.456 e. The van der Waals surface area contributed by atoms with Gasteiger partial charge in [0.05, 0.1) is 22.1 Å². The molecule has 0 aliphatic carbocycles. The van der Waals surface area contributed by atoms with Gasteiger partial charge >= 0.3 is 0 Å². The van der Waals surface area contributed by atoms with Gasteiger partial charge in [-0.05, 0) is 85.6 Å². The summed E-state index contributed by atoms with van der Waals surface area (Å²) >= 11 is 0. The molecule has 226 valence electrons. The minimum Gasteiger partial charge on any atom is -0.456 e. The van der Waals surface area contributed by atoms with Crippen molar-refractivity contribution in [3.63, 3.8) is 0 Å². The van der Waals surface area contributed by atoms with Crippen molar-refractivity contribution in [1.82, 2.24) is 9.13 Å². The molecule has 0 atom stereocenters. The number of fused-ring (bicyclic) bond motifs is 13. The second-order valence-corrected chi connectivity index (χ2v) is 13.0. The lowest BCUT2D eigenvalue weighted by atomic mass is 10.0. The Balaban J connectivity index is 1.25. The third kappa shape index (κ3) is 3.29. The second-order valence-electron chi connectivity index (χ2n) is 13.0. The minimum absolute atomic E-state index is 0.859. The molecule has 0 fully saturated rings. The predicted molar refractivity (Wildman–Crippen MR) is 199 cm³/mol. The summed E-state index contributed by atoms with van der Waals surface area (Å²) in [6.45, 7) is 4.35. The van der Waals surface area contributed by atoms with Crippen LogP contribution in [0.4, 0.5) is 0 Å². The monoisotopic (exact) mass is 616 g/mol. The minimum atomic E-state index is 0.859. The topological polar surface area (TPSA) is 36.1 Å². The van der Waals surface area contributed by atoms with Gasteiger partial charge in [-0.2, -0.15) is 0 Å². The van der Waals surface area contributed by atoms with Crippen LogP contribution in [0.2, 0.25) is 0 Å². The molecule has 48 heavy (non-hydrogen) atoms. The van der Waals surface area contributed by atoms with Crippen LogP contribution in [-0.2, 0) is 0 Å². The second kappa shape index (κ2) is 9.18. The highest BCUT2D eigenvalue weighted by molar-refractivity contribution is 6.26. The first-order valence-electron chi connectivity index (χ1n) is 16.4. The van der Waals surface area contributed by atoms with Crippen molar-refractivity contribution in [3.8, 4) is 11.4 Å². The van der Waals surface area contributed by atoms with Gasteiger partial charge in [-0.1, -0.05) is 72.8 Å². The fourth-order valence-electron chi connectivity index (χ4n) is 8.25. The third-order valence-corrected chi connectivity index (χ3v) is 10.3. The molecular formula is C44H28N2O2. The van der Waals surface area contributed by atoms with Crippen LogP contribution >= 0.6 is 0 Å². The van der Waals surface area contributed by atoms with Gasteiger partial charge in [0.1, 0.15) is 22.3 Å². The molecule has 0 amide bonds. The van der Waals surface area contributed by atoms with E-state index in [4.69, 9.17) is 8.83 Å². The van der Waals surface area contributed by atoms with Crippen molar-refractivity contribution in [2.45, 2.75) is 13.8 Å². The molecule has 0 aliphatic rings. The molecular weight excluding hydrogens is 588 g/mol. The molecule has 0 spiro atoms. The highest BCUT2D eigenvalue weighted by atomic mass is 16.3. The zero-order chi connectivity index (χ0) is 31.7. The van der Waals surface area contributed by atoms with Gasteiger partial charge in [0.2, 0.25) is 0 Å². The van der Waals surface area contributed by atoms with Gasteiger partial charge < -0.3 is 18.0 Å². The number of rotatable bonds is 2. The van der Waals surface area contributed by atoms with E-state index in [1.807, 2.05) is 0 Å². The molecule has 0 aliphatic heterocycles. The van der Waals surface area contributed by atoms with E-state index in [0.717, 1.165) is 66.4 Å². The van der Waals surface area contributed by atoms with Gasteiger partial charge in [0, 0.05) is 54.5 Å². The Kier molecular flexibility index (Phi) is 4.95. The van der Waals surface area contributed by atoms with Crippen molar-refractivity contribution in [2.24, 2.45) is 0 Å². The van der Waals surface area contributed by atoms with E-state index >= 15 is 0 Å². The molecule has 4 heterocycles. The van der Waals surface area contributed by atoms with Crippen LogP contribution in [0, 0.1) is 13.8 Å². The summed E-state index contributed by atoms with van der Waals surface area (Å²) in [7, 11) is 0. The van der Waals surface area contributed by atoms with E-state index < -0.39 is 0 Å². The smallest absolute Gasteiger partial charge is 0.136 e. The number of aromatic nitrogens is 2. The highest BCUT2D eigenvalue weighted by Gasteiger charge is 2.22. The van der Waals surface area contributed by atoms with Crippen molar-refractivity contribution < 1.29 is 8.83 Å². The normalized spacial score (nSPS) is 12.4. The molecule has 7 aromatic carbocycles. The van der Waals surface area contributed by atoms with E-state index in [9.17, 15) is 0 Å². The molecule has 4 heteroatoms. The molecule has 4 nitrogen and oxygen atoms in total. The summed E-state index contributed by atoms with van der Waals surface area (Å²) < 4.78 is 18.0. The number of nitrogens with zero attached hydrogens (tertiary/aromatic N) is 2. The standard InChI is InChI=1S/C44H28N2O2/c1-25-21-41-31(23-37(25)45-33-15-7-3-11-27(33)28-12-4-8-16-34(28)45)43-39(47-41)19-20-40-44(43)32-24-38(26(2)22-42(32)48-40)46-35-17-9-5-13-29(35)30-14-6-10-18-36(30)46/h3-24H,1-2H3. The average Bonchev–Trinajstić information content (AvgIpc) is 3.85. The maximum absolute atomic E-state index is 6.59. The first-order valence-corrected chi connectivity index (χ1v) is 16.4. The summed E-state index contributed by atoms with van der Waals surface area (Å²) in [6, 6.07) is 47.8. The maximum Gasteiger partial charge on any atom is 0.136 e. The summed E-state index contributed by atoms with van der Waals surface area (Å²) in [4.78, 5) is 0. The number of benzene rings is 7. The van der Waals surface area contributed by atoms with Crippen LogP contribution in [0.25, 0.3) is 98.9 Å². The van der Waals surface area contributed by atoms with Crippen LogP contribution < -0.4 is 0 Å². The van der Waals surface area contributed by atoms with Crippen molar-refractivity contribution in [1.29, 1.82) is 0 Å². The summed E-state index contributed by atoms with van der Waals surface area (Å²) in [5.41, 5.74) is 12.9. The van der Waals surface area contributed by atoms with Crippen molar-refractivity contribution in [3.05, 3.63) is 145 Å². The Hall–Kier alpha value is -6.26. The van der Waals surface area contributed by atoms with Crippen molar-refractivity contribution in [2.75, 3.05) is 0 Å². The first-order chi connectivity index (χ1) is 23.6. The van der Waals surface area contributed by atoms with Crippen LogP contribution in [0.3, 0.4) is 0 Å². The SMILES string of the molecule is Cc1cc2oc3ccc4oc5cc(C)c(-n6c7ccccc7c7ccccc76)cc5c4c3c2cc1-n1c2ccccc2c2ccccc21. The highest BCUT2D eigenvalue weighted by Crippen LogP contribution is 2.44. The summed E-state index contributed by atoms with van der Waals surface area (Å²) in [5, 5.41) is 9.34. The van der Waals surface area contributed by atoms with Gasteiger partial charge in [-0.25, -0.2) is 0 Å². The predicted octanol–water partition coefficient (Wildman–Crippen LogP) is 12.3. The first kappa shape index (κ1) is 25.9. The summed E-state index contributed by atoms with van der Waals surface area (Å²) in [5.74, 6) is 0. The van der Waals surface area contributed by atoms with Crippen LogP contribution in [0.5, 0.6) is 0 Å². The quantitative estimate of drug-likeness (QED) is 0.194. The Morgan fingerprint density at radius 1 is 0.354 bits per heavy atom. The lowest BCUT2D eigenvalue weighted by Gasteiger charge is -2.12. The fourth-order valence-corrected chi connectivity index (χ4v) is 8.25. The maximum atomic E-state index is 6.59. The Labute approximate surface area is 274 Å². The zero-order valence-corrected chi connectivity index (χ0v) is 26.4. The van der Waals surface area contributed by atoms with Crippen molar-refractivity contribution >= 4 is 87.5 Å². The molecule has 11 rings (SSSR count). The Bertz CT molecular complexity index is 2830. The molecule has 0 N–H and O–H groups in total. The molecule has 0 saturated carbocycles. The number of para-hydroxylation sites is 4. The third-order valence-electron chi connectivity index (χ3n) is 10.3. The molecule has 4 aromatic heterocycles. The van der Waals surface area contributed by atoms with E-state index in [2.05, 4.69) is 156 Å². The number of furan rings is 2. The Morgan fingerprint density at radius 2 is 0.688 bits per heavy atom. The Morgan fingerprint density at radius 3 is 1.04 bits per heavy atom. The van der Waals surface area contributed by atoms with Gasteiger partial charge in [0.15, 0.2) is 0 Å². The molecule has 0 saturated heterocycles. The van der Waals surface area contributed by atoms with E-state index in [0.29, 0.717) is 0 Å². The van der Waals surface area contributed by atoms with E-state index in [-0.39, 0.29) is 0 Å². The number of aryl methyl sites for hydroxylation is 2. The molecule has 11 aromatic rings. The van der Waals surface area contributed by atoms with Gasteiger partial charge in [-0.15, -0.1) is 0 Å². The van der Waals surface area contributed by atoms with E-state index in [1.165, 1.54) is 43.6 Å².